The third-order valence-corrected chi connectivity index (χ3v) is 3.21. The van der Waals surface area contributed by atoms with E-state index in [4.69, 9.17) is 5.73 Å². The Labute approximate surface area is 123 Å². The second kappa shape index (κ2) is 7.13. The van der Waals surface area contributed by atoms with Gasteiger partial charge in [-0.15, -0.1) is 13.2 Å². The van der Waals surface area contributed by atoms with Crippen LogP contribution >= 0.6 is 0 Å². The van der Waals surface area contributed by atoms with Crippen molar-refractivity contribution in [1.29, 1.82) is 0 Å². The molecule has 0 aliphatic heterocycles. The summed E-state index contributed by atoms with van der Waals surface area (Å²) in [6.45, 7) is 9.18. The summed E-state index contributed by atoms with van der Waals surface area (Å²) < 4.78 is 40.1. The first-order chi connectivity index (χ1) is 9.65. The normalized spacial score (nSPS) is 12.8. The van der Waals surface area contributed by atoms with E-state index >= 15 is 0 Å². The molecule has 0 amide bonds. The fraction of sp³-hybridized carbons (Fsp3) is 0.600. The quantitative estimate of drug-likeness (QED) is 0.839. The molecule has 0 aliphatic carbocycles. The van der Waals surface area contributed by atoms with E-state index in [-0.39, 0.29) is 11.2 Å². The first-order valence-corrected chi connectivity index (χ1v) is 6.92. The number of hydrogen-bond acceptors (Lipinski definition) is 3. The largest absolute Gasteiger partial charge is 0.573 e. The first kappa shape index (κ1) is 17.8. The summed E-state index contributed by atoms with van der Waals surface area (Å²) in [5.74, 6) is -0.198. The number of nitrogens with zero attached hydrogens (tertiary/aromatic N) is 1. The third kappa shape index (κ3) is 6.82. The van der Waals surface area contributed by atoms with Gasteiger partial charge in [0.15, 0.2) is 0 Å². The fourth-order valence-corrected chi connectivity index (χ4v) is 2.00. The molecule has 0 aromatic heterocycles. The van der Waals surface area contributed by atoms with Gasteiger partial charge in [0.25, 0.3) is 0 Å². The van der Waals surface area contributed by atoms with Crippen LogP contribution in [0.15, 0.2) is 24.3 Å². The molecule has 0 radical (unpaired) electrons. The molecule has 120 valence electrons. The van der Waals surface area contributed by atoms with Crippen LogP contribution in [0.2, 0.25) is 0 Å². The SMILES string of the molecule is CCN(Cc1ccc(OC(F)(F)F)cc1)CC(C)(C)CN. The van der Waals surface area contributed by atoms with Crippen LogP contribution in [0.1, 0.15) is 26.3 Å². The summed E-state index contributed by atoms with van der Waals surface area (Å²) in [6, 6.07) is 5.98. The Morgan fingerprint density at radius 3 is 2.14 bits per heavy atom. The molecule has 21 heavy (non-hydrogen) atoms. The number of alkyl halides is 3. The van der Waals surface area contributed by atoms with Gasteiger partial charge in [-0.25, -0.2) is 0 Å². The number of halogens is 3. The minimum atomic E-state index is -4.65. The zero-order chi connectivity index (χ0) is 16.1. The lowest BCUT2D eigenvalue weighted by atomic mass is 9.93. The van der Waals surface area contributed by atoms with E-state index < -0.39 is 6.36 Å². The lowest BCUT2D eigenvalue weighted by Crippen LogP contribution is -2.38. The van der Waals surface area contributed by atoms with Crippen molar-refractivity contribution in [1.82, 2.24) is 4.90 Å². The number of nitrogens with two attached hydrogens (primary N) is 1. The molecule has 0 saturated carbocycles. The Hall–Kier alpha value is -1.27. The van der Waals surface area contributed by atoms with Gasteiger partial charge in [-0.2, -0.15) is 0 Å². The Kier molecular flexibility index (Phi) is 6.04. The number of ether oxygens (including phenoxy) is 1. The molecule has 0 fully saturated rings. The molecular formula is C15H23F3N2O. The minimum Gasteiger partial charge on any atom is -0.406 e. The Morgan fingerprint density at radius 1 is 1.14 bits per heavy atom. The molecule has 0 atom stereocenters. The van der Waals surface area contributed by atoms with Crippen LogP contribution in [0.4, 0.5) is 13.2 Å². The van der Waals surface area contributed by atoms with Crippen molar-refractivity contribution >= 4 is 0 Å². The van der Waals surface area contributed by atoms with Crippen LogP contribution in [0, 0.1) is 5.41 Å². The standard InChI is InChI=1S/C15H23F3N2O/c1-4-20(11-14(2,3)10-19)9-12-5-7-13(8-6-12)21-15(16,17)18/h5-8H,4,9-11,19H2,1-3H3. The van der Waals surface area contributed by atoms with Crippen molar-refractivity contribution < 1.29 is 17.9 Å². The zero-order valence-electron chi connectivity index (χ0n) is 12.7. The topological polar surface area (TPSA) is 38.5 Å². The molecular weight excluding hydrogens is 281 g/mol. The van der Waals surface area contributed by atoms with Crippen molar-refractivity contribution in [3.63, 3.8) is 0 Å². The van der Waals surface area contributed by atoms with Gasteiger partial charge in [-0.3, -0.25) is 4.90 Å². The third-order valence-electron chi connectivity index (χ3n) is 3.21. The molecule has 3 nitrogen and oxygen atoms in total. The zero-order valence-corrected chi connectivity index (χ0v) is 12.7. The minimum absolute atomic E-state index is 0.00927. The van der Waals surface area contributed by atoms with Gasteiger partial charge < -0.3 is 10.5 Å². The summed E-state index contributed by atoms with van der Waals surface area (Å²) >= 11 is 0. The maximum Gasteiger partial charge on any atom is 0.573 e. The summed E-state index contributed by atoms with van der Waals surface area (Å²) in [7, 11) is 0. The predicted molar refractivity (Wildman–Crippen MR) is 76.9 cm³/mol. The van der Waals surface area contributed by atoms with Crippen LogP contribution in [-0.4, -0.2) is 30.9 Å². The molecule has 0 saturated heterocycles. The maximum atomic E-state index is 12.1. The van der Waals surface area contributed by atoms with E-state index in [0.717, 1.165) is 18.7 Å². The maximum absolute atomic E-state index is 12.1. The Balaban J connectivity index is 2.65. The Morgan fingerprint density at radius 2 is 1.71 bits per heavy atom. The van der Waals surface area contributed by atoms with Gasteiger partial charge in [0, 0.05) is 13.1 Å². The molecule has 1 aromatic rings. The van der Waals surface area contributed by atoms with Crippen LogP contribution in [-0.2, 0) is 6.54 Å². The van der Waals surface area contributed by atoms with Gasteiger partial charge in [0.1, 0.15) is 5.75 Å². The van der Waals surface area contributed by atoms with E-state index in [1.54, 1.807) is 12.1 Å². The summed E-state index contributed by atoms with van der Waals surface area (Å²) in [4.78, 5) is 2.21. The summed E-state index contributed by atoms with van der Waals surface area (Å²) in [5.41, 5.74) is 6.68. The van der Waals surface area contributed by atoms with Crippen molar-refractivity contribution in [3.05, 3.63) is 29.8 Å². The van der Waals surface area contributed by atoms with E-state index in [1.807, 2.05) is 6.92 Å². The van der Waals surface area contributed by atoms with Crippen molar-refractivity contribution in [3.8, 4) is 5.75 Å². The lowest BCUT2D eigenvalue weighted by Gasteiger charge is -2.31. The van der Waals surface area contributed by atoms with E-state index in [2.05, 4.69) is 23.5 Å². The molecule has 0 spiro atoms. The molecule has 6 heteroatoms. The number of rotatable bonds is 7. The highest BCUT2D eigenvalue weighted by molar-refractivity contribution is 5.27. The molecule has 0 unspecified atom stereocenters. The van der Waals surface area contributed by atoms with Gasteiger partial charge >= 0.3 is 6.36 Å². The number of benzene rings is 1. The Bertz CT molecular complexity index is 430. The summed E-state index contributed by atoms with van der Waals surface area (Å²) in [5, 5.41) is 0. The van der Waals surface area contributed by atoms with Crippen molar-refractivity contribution in [2.45, 2.75) is 33.7 Å². The van der Waals surface area contributed by atoms with Crippen molar-refractivity contribution in [2.24, 2.45) is 11.1 Å². The molecule has 0 aliphatic rings. The second-order valence-corrected chi connectivity index (χ2v) is 5.86. The fourth-order valence-electron chi connectivity index (χ4n) is 2.00. The smallest absolute Gasteiger partial charge is 0.406 e. The van der Waals surface area contributed by atoms with Gasteiger partial charge in [-0.1, -0.05) is 32.9 Å². The van der Waals surface area contributed by atoms with Gasteiger partial charge in [-0.05, 0) is 36.2 Å². The molecule has 1 aromatic carbocycles. The highest BCUT2D eigenvalue weighted by Crippen LogP contribution is 2.23. The van der Waals surface area contributed by atoms with Crippen LogP contribution in [0.5, 0.6) is 5.75 Å². The van der Waals surface area contributed by atoms with E-state index in [0.29, 0.717) is 13.1 Å². The number of hydrogen-bond donors (Lipinski definition) is 1. The first-order valence-electron chi connectivity index (χ1n) is 6.92. The van der Waals surface area contributed by atoms with E-state index in [9.17, 15) is 13.2 Å². The van der Waals surface area contributed by atoms with E-state index in [1.165, 1.54) is 12.1 Å². The van der Waals surface area contributed by atoms with Crippen molar-refractivity contribution in [2.75, 3.05) is 19.6 Å². The van der Waals surface area contributed by atoms with Crippen LogP contribution in [0.3, 0.4) is 0 Å². The highest BCUT2D eigenvalue weighted by atomic mass is 19.4. The highest BCUT2D eigenvalue weighted by Gasteiger charge is 2.31. The molecule has 0 heterocycles. The van der Waals surface area contributed by atoms with Crippen LogP contribution < -0.4 is 10.5 Å². The predicted octanol–water partition coefficient (Wildman–Crippen LogP) is 3.39. The molecule has 1 rings (SSSR count). The van der Waals surface area contributed by atoms with Crippen LogP contribution in [0.25, 0.3) is 0 Å². The molecule has 2 N–H and O–H groups in total. The second-order valence-electron chi connectivity index (χ2n) is 5.86. The lowest BCUT2D eigenvalue weighted by molar-refractivity contribution is -0.274. The van der Waals surface area contributed by atoms with Gasteiger partial charge in [0.05, 0.1) is 0 Å². The average Bonchev–Trinajstić information content (AvgIpc) is 2.38. The monoisotopic (exact) mass is 304 g/mol. The summed E-state index contributed by atoms with van der Waals surface area (Å²) in [6.07, 6.45) is -4.65. The molecule has 0 bridgehead atoms. The van der Waals surface area contributed by atoms with Gasteiger partial charge in [0.2, 0.25) is 0 Å². The average molecular weight is 304 g/mol.